The number of halogens is 1. The monoisotopic (exact) mass is 268 g/mol. The highest BCUT2D eigenvalue weighted by Gasteiger charge is 2.23. The molecule has 1 unspecified atom stereocenters. The molecule has 1 aromatic rings. The van der Waals surface area contributed by atoms with Crippen molar-refractivity contribution >= 4 is 22.2 Å². The molecule has 1 nitrogen and oxygen atoms in total. The van der Waals surface area contributed by atoms with Gasteiger partial charge in [0.15, 0.2) is 0 Å². The van der Waals surface area contributed by atoms with Gasteiger partial charge in [0, 0.05) is 10.4 Å². The van der Waals surface area contributed by atoms with Crippen LogP contribution in [0.2, 0.25) is 0 Å². The number of hydrogen-bond acceptors (Lipinski definition) is 1. The fourth-order valence-corrected chi connectivity index (χ4v) is 1.70. The van der Waals surface area contributed by atoms with E-state index >= 15 is 0 Å². The number of benzene rings is 1. The van der Waals surface area contributed by atoms with Gasteiger partial charge in [-0.05, 0) is 29.5 Å². The van der Waals surface area contributed by atoms with Gasteiger partial charge in [0.05, 0.1) is 0 Å². The Bertz CT molecular complexity index is 321. The van der Waals surface area contributed by atoms with Gasteiger partial charge in [-0.2, -0.15) is 0 Å². The number of aldehydes is 1. The molecule has 0 spiro atoms. The van der Waals surface area contributed by atoms with E-state index in [-0.39, 0.29) is 11.3 Å². The number of hydrogen-bond donors (Lipinski definition) is 0. The van der Waals surface area contributed by atoms with E-state index in [0.29, 0.717) is 0 Å². The van der Waals surface area contributed by atoms with Crippen molar-refractivity contribution in [2.24, 2.45) is 11.3 Å². The molecule has 2 heteroatoms. The maximum Gasteiger partial charge on any atom is 0.123 e. The first-order valence-electron chi connectivity index (χ1n) is 5.13. The summed E-state index contributed by atoms with van der Waals surface area (Å²) < 4.78 is 1.07. The van der Waals surface area contributed by atoms with Crippen molar-refractivity contribution in [2.45, 2.75) is 27.2 Å². The molecular formula is C13H17BrO. The van der Waals surface area contributed by atoms with Gasteiger partial charge in [0.1, 0.15) is 6.29 Å². The van der Waals surface area contributed by atoms with Crippen molar-refractivity contribution in [3.63, 3.8) is 0 Å². The molecule has 0 amide bonds. The topological polar surface area (TPSA) is 17.1 Å². The van der Waals surface area contributed by atoms with E-state index in [0.717, 1.165) is 17.2 Å². The van der Waals surface area contributed by atoms with Gasteiger partial charge in [-0.15, -0.1) is 0 Å². The summed E-state index contributed by atoms with van der Waals surface area (Å²) in [4.78, 5) is 11.0. The number of carbonyl (C=O) groups is 1. The molecule has 0 saturated heterocycles. The zero-order valence-electron chi connectivity index (χ0n) is 9.46. The van der Waals surface area contributed by atoms with Crippen molar-refractivity contribution < 1.29 is 4.79 Å². The average Bonchev–Trinajstić information content (AvgIpc) is 2.15. The van der Waals surface area contributed by atoms with E-state index in [4.69, 9.17) is 0 Å². The Morgan fingerprint density at radius 2 is 1.80 bits per heavy atom. The molecule has 1 aromatic carbocycles. The molecule has 0 heterocycles. The van der Waals surface area contributed by atoms with Crippen molar-refractivity contribution in [1.29, 1.82) is 0 Å². The summed E-state index contributed by atoms with van der Waals surface area (Å²) in [6.07, 6.45) is 1.89. The Kier molecular flexibility index (Phi) is 4.09. The lowest BCUT2D eigenvalue weighted by molar-refractivity contribution is -0.113. The lowest BCUT2D eigenvalue weighted by atomic mass is 9.78. The molecule has 0 aromatic heterocycles. The van der Waals surface area contributed by atoms with Crippen LogP contribution in [0.4, 0.5) is 0 Å². The van der Waals surface area contributed by atoms with E-state index in [9.17, 15) is 4.79 Å². The minimum Gasteiger partial charge on any atom is -0.303 e. The summed E-state index contributed by atoms with van der Waals surface area (Å²) in [5.41, 5.74) is 1.25. The Labute approximate surface area is 100 Å². The van der Waals surface area contributed by atoms with Gasteiger partial charge in [0.25, 0.3) is 0 Å². The molecule has 0 fully saturated rings. The molecule has 0 aliphatic carbocycles. The minimum absolute atomic E-state index is 0.0365. The van der Waals surface area contributed by atoms with Gasteiger partial charge in [-0.1, -0.05) is 48.8 Å². The summed E-state index contributed by atoms with van der Waals surface area (Å²) in [7, 11) is 0. The maximum absolute atomic E-state index is 11.0. The van der Waals surface area contributed by atoms with Crippen LogP contribution < -0.4 is 0 Å². The largest absolute Gasteiger partial charge is 0.303 e. The second kappa shape index (κ2) is 4.93. The fourth-order valence-electron chi connectivity index (χ4n) is 1.43. The Balaban J connectivity index is 2.76. The van der Waals surface area contributed by atoms with Crippen molar-refractivity contribution in [3.05, 3.63) is 34.3 Å². The van der Waals surface area contributed by atoms with Crippen LogP contribution >= 0.6 is 15.9 Å². The quantitative estimate of drug-likeness (QED) is 0.762. The molecule has 0 N–H and O–H groups in total. The number of carbonyl (C=O) groups excluding carboxylic acids is 1. The molecule has 0 radical (unpaired) electrons. The van der Waals surface area contributed by atoms with E-state index in [1.807, 2.05) is 12.1 Å². The molecular weight excluding hydrogens is 252 g/mol. The normalized spacial score (nSPS) is 13.6. The second-order valence-corrected chi connectivity index (χ2v) is 5.85. The summed E-state index contributed by atoms with van der Waals surface area (Å²) in [5.74, 6) is 0.0821. The van der Waals surface area contributed by atoms with Crippen LogP contribution in [0, 0.1) is 11.3 Å². The van der Waals surface area contributed by atoms with Crippen LogP contribution in [0.1, 0.15) is 26.3 Å². The molecule has 1 rings (SSSR count). The van der Waals surface area contributed by atoms with E-state index in [1.54, 1.807) is 0 Å². The predicted octanol–water partition coefficient (Wildman–Crippen LogP) is 3.85. The van der Waals surface area contributed by atoms with E-state index in [2.05, 4.69) is 48.8 Å². The van der Waals surface area contributed by atoms with Gasteiger partial charge in [-0.25, -0.2) is 0 Å². The molecule has 0 saturated carbocycles. The molecule has 82 valence electrons. The van der Waals surface area contributed by atoms with Crippen LogP contribution in [0.25, 0.3) is 0 Å². The third kappa shape index (κ3) is 3.78. The van der Waals surface area contributed by atoms with Gasteiger partial charge < -0.3 is 4.79 Å². The van der Waals surface area contributed by atoms with Crippen LogP contribution in [-0.4, -0.2) is 6.29 Å². The standard InChI is InChI=1S/C13H17BrO/c1-13(2,3)11(9-15)8-10-4-6-12(14)7-5-10/h4-7,9,11H,8H2,1-3H3. The Morgan fingerprint density at radius 3 is 2.20 bits per heavy atom. The minimum atomic E-state index is 0.0365. The lowest BCUT2D eigenvalue weighted by Gasteiger charge is -2.25. The Morgan fingerprint density at radius 1 is 1.27 bits per heavy atom. The second-order valence-electron chi connectivity index (χ2n) is 4.94. The summed E-state index contributed by atoms with van der Waals surface area (Å²) >= 11 is 3.40. The van der Waals surface area contributed by atoms with Gasteiger partial charge >= 0.3 is 0 Å². The third-order valence-corrected chi connectivity index (χ3v) is 3.17. The van der Waals surface area contributed by atoms with Crippen LogP contribution in [-0.2, 0) is 11.2 Å². The highest BCUT2D eigenvalue weighted by molar-refractivity contribution is 9.10. The van der Waals surface area contributed by atoms with Crippen molar-refractivity contribution in [3.8, 4) is 0 Å². The zero-order chi connectivity index (χ0) is 11.5. The maximum atomic E-state index is 11.0. The summed E-state index contributed by atoms with van der Waals surface area (Å²) in [6.45, 7) is 6.31. The molecule has 0 aliphatic rings. The van der Waals surface area contributed by atoms with Gasteiger partial charge in [0.2, 0.25) is 0 Å². The smallest absolute Gasteiger partial charge is 0.123 e. The van der Waals surface area contributed by atoms with E-state index < -0.39 is 0 Å². The molecule has 15 heavy (non-hydrogen) atoms. The number of rotatable bonds is 3. The zero-order valence-corrected chi connectivity index (χ0v) is 11.0. The highest BCUT2D eigenvalue weighted by Crippen LogP contribution is 2.27. The first-order chi connectivity index (χ1) is 6.93. The molecule has 0 bridgehead atoms. The highest BCUT2D eigenvalue weighted by atomic mass is 79.9. The summed E-state index contributed by atoms with van der Waals surface area (Å²) in [6, 6.07) is 8.15. The fraction of sp³-hybridized carbons (Fsp3) is 0.462. The lowest BCUT2D eigenvalue weighted by Crippen LogP contribution is -2.23. The SMILES string of the molecule is CC(C)(C)C(C=O)Cc1ccc(Br)cc1. The van der Waals surface area contributed by atoms with Crippen LogP contribution in [0.15, 0.2) is 28.7 Å². The Hall–Kier alpha value is -0.630. The first-order valence-corrected chi connectivity index (χ1v) is 5.92. The van der Waals surface area contributed by atoms with Crippen molar-refractivity contribution in [2.75, 3.05) is 0 Å². The predicted molar refractivity (Wildman–Crippen MR) is 66.9 cm³/mol. The first kappa shape index (κ1) is 12.4. The van der Waals surface area contributed by atoms with Crippen LogP contribution in [0.3, 0.4) is 0 Å². The molecule has 1 atom stereocenters. The average molecular weight is 269 g/mol. The van der Waals surface area contributed by atoms with Crippen LogP contribution in [0.5, 0.6) is 0 Å². The summed E-state index contributed by atoms with van der Waals surface area (Å²) in [5, 5.41) is 0. The third-order valence-electron chi connectivity index (χ3n) is 2.65. The van der Waals surface area contributed by atoms with E-state index in [1.165, 1.54) is 5.56 Å². The van der Waals surface area contributed by atoms with Crippen molar-refractivity contribution in [1.82, 2.24) is 0 Å². The van der Waals surface area contributed by atoms with Gasteiger partial charge in [-0.3, -0.25) is 0 Å². The molecule has 0 aliphatic heterocycles.